The van der Waals surface area contributed by atoms with Gasteiger partial charge < -0.3 is 4.90 Å². The van der Waals surface area contributed by atoms with Gasteiger partial charge >= 0.3 is 0 Å². The van der Waals surface area contributed by atoms with Crippen molar-refractivity contribution in [1.29, 1.82) is 0 Å². The van der Waals surface area contributed by atoms with E-state index in [1.165, 1.54) is 38.6 Å². The van der Waals surface area contributed by atoms with E-state index in [-0.39, 0.29) is 0 Å². The molecule has 5 aliphatic carbocycles. The molecule has 0 saturated heterocycles. The molecule has 0 atom stereocenters. The summed E-state index contributed by atoms with van der Waals surface area (Å²) >= 11 is 0. The standard InChI is InChI=1S/C18H31N/c1-19(13-14-5-3-2-4-6-14)18-10-15-7-16(11-18)9-17(8-15)12-18/h14-17H,2-13H2,1H3. The van der Waals surface area contributed by atoms with Crippen LogP contribution in [0.25, 0.3) is 0 Å². The third-order valence-electron chi connectivity index (χ3n) is 7.07. The number of nitrogens with zero attached hydrogens (tertiary/aromatic N) is 1. The van der Waals surface area contributed by atoms with Gasteiger partial charge in [-0.1, -0.05) is 19.3 Å². The second-order valence-electron chi connectivity index (χ2n) is 8.53. The highest BCUT2D eigenvalue weighted by Gasteiger charge is 2.52. The zero-order chi connectivity index (χ0) is 12.9. The highest BCUT2D eigenvalue weighted by Crippen LogP contribution is 2.57. The predicted molar refractivity (Wildman–Crippen MR) is 80.1 cm³/mol. The van der Waals surface area contributed by atoms with Gasteiger partial charge in [-0.05, 0) is 82.1 Å². The molecule has 108 valence electrons. The molecule has 0 heterocycles. The first-order chi connectivity index (χ1) is 9.23. The lowest BCUT2D eigenvalue weighted by Gasteiger charge is -2.60. The molecule has 0 N–H and O–H groups in total. The molecule has 4 bridgehead atoms. The Labute approximate surface area is 119 Å². The van der Waals surface area contributed by atoms with Crippen molar-refractivity contribution in [2.45, 2.75) is 76.2 Å². The quantitative estimate of drug-likeness (QED) is 0.724. The van der Waals surface area contributed by atoms with Crippen LogP contribution < -0.4 is 0 Å². The summed E-state index contributed by atoms with van der Waals surface area (Å²) in [6.07, 6.45) is 16.9. The van der Waals surface area contributed by atoms with Gasteiger partial charge in [-0.25, -0.2) is 0 Å². The summed E-state index contributed by atoms with van der Waals surface area (Å²) in [5, 5.41) is 0. The number of hydrogen-bond donors (Lipinski definition) is 0. The van der Waals surface area contributed by atoms with Crippen LogP contribution in [0.3, 0.4) is 0 Å². The normalized spacial score (nSPS) is 46.1. The molecule has 5 fully saturated rings. The van der Waals surface area contributed by atoms with Gasteiger partial charge in [-0.15, -0.1) is 0 Å². The van der Waals surface area contributed by atoms with E-state index in [0.717, 1.165) is 23.7 Å². The first kappa shape index (κ1) is 12.7. The van der Waals surface area contributed by atoms with Crippen molar-refractivity contribution in [2.75, 3.05) is 13.6 Å². The Bertz CT molecular complexity index is 293. The predicted octanol–water partition coefficient (Wildman–Crippen LogP) is 4.47. The molecule has 1 heteroatoms. The largest absolute Gasteiger partial charge is 0.300 e. The first-order valence-corrected chi connectivity index (χ1v) is 8.95. The van der Waals surface area contributed by atoms with Crippen LogP contribution >= 0.6 is 0 Å². The third kappa shape index (κ3) is 2.26. The van der Waals surface area contributed by atoms with Gasteiger partial charge in [0, 0.05) is 12.1 Å². The van der Waals surface area contributed by atoms with E-state index >= 15 is 0 Å². The maximum absolute atomic E-state index is 2.85. The Hall–Kier alpha value is -0.0400. The van der Waals surface area contributed by atoms with Crippen LogP contribution in [0, 0.1) is 23.7 Å². The van der Waals surface area contributed by atoms with Crippen LogP contribution in [0.5, 0.6) is 0 Å². The van der Waals surface area contributed by atoms with Crippen molar-refractivity contribution in [3.63, 3.8) is 0 Å². The van der Waals surface area contributed by atoms with E-state index in [4.69, 9.17) is 0 Å². The summed E-state index contributed by atoms with van der Waals surface area (Å²) in [6.45, 7) is 1.41. The van der Waals surface area contributed by atoms with Crippen LogP contribution in [0.15, 0.2) is 0 Å². The van der Waals surface area contributed by atoms with Gasteiger partial charge in [0.25, 0.3) is 0 Å². The molecule has 0 spiro atoms. The fraction of sp³-hybridized carbons (Fsp3) is 1.00. The van der Waals surface area contributed by atoms with E-state index < -0.39 is 0 Å². The van der Waals surface area contributed by atoms with Gasteiger partial charge in [0.05, 0.1) is 0 Å². The van der Waals surface area contributed by atoms with E-state index in [1.807, 2.05) is 0 Å². The van der Waals surface area contributed by atoms with Crippen LogP contribution in [0.1, 0.15) is 70.6 Å². The fourth-order valence-corrected chi connectivity index (χ4v) is 6.48. The summed E-state index contributed by atoms with van der Waals surface area (Å²) in [6, 6.07) is 0. The Balaban J connectivity index is 1.45. The summed E-state index contributed by atoms with van der Waals surface area (Å²) in [5.74, 6) is 4.31. The smallest absolute Gasteiger partial charge is 0.0214 e. The second kappa shape index (κ2) is 4.76. The summed E-state index contributed by atoms with van der Waals surface area (Å²) in [5.41, 5.74) is 0.645. The third-order valence-corrected chi connectivity index (χ3v) is 7.07. The maximum atomic E-state index is 2.85. The van der Waals surface area contributed by atoms with Gasteiger partial charge in [-0.2, -0.15) is 0 Å². The van der Waals surface area contributed by atoms with Gasteiger partial charge in [0.15, 0.2) is 0 Å². The van der Waals surface area contributed by atoms with E-state index in [0.29, 0.717) is 5.54 Å². The monoisotopic (exact) mass is 261 g/mol. The molecule has 1 nitrogen and oxygen atoms in total. The van der Waals surface area contributed by atoms with Gasteiger partial charge in [-0.3, -0.25) is 0 Å². The molecule has 19 heavy (non-hydrogen) atoms. The molecule has 5 rings (SSSR count). The van der Waals surface area contributed by atoms with E-state index in [9.17, 15) is 0 Å². The van der Waals surface area contributed by atoms with Crippen molar-refractivity contribution in [2.24, 2.45) is 23.7 Å². The minimum absolute atomic E-state index is 0.645. The molecule has 5 aliphatic rings. The summed E-state index contributed by atoms with van der Waals surface area (Å²) in [4.78, 5) is 2.85. The van der Waals surface area contributed by atoms with Crippen LogP contribution in [0.4, 0.5) is 0 Å². The Morgan fingerprint density at radius 3 is 1.89 bits per heavy atom. The second-order valence-corrected chi connectivity index (χ2v) is 8.53. The van der Waals surface area contributed by atoms with E-state index in [2.05, 4.69) is 11.9 Å². The zero-order valence-corrected chi connectivity index (χ0v) is 12.7. The van der Waals surface area contributed by atoms with Crippen molar-refractivity contribution in [3.8, 4) is 0 Å². The molecule has 0 aromatic carbocycles. The Kier molecular flexibility index (Phi) is 3.17. The Morgan fingerprint density at radius 1 is 0.842 bits per heavy atom. The first-order valence-electron chi connectivity index (χ1n) is 8.95. The lowest BCUT2D eigenvalue weighted by atomic mass is 9.52. The minimum atomic E-state index is 0.645. The molecule has 0 aromatic rings. The number of hydrogen-bond acceptors (Lipinski definition) is 1. The molecule has 0 aromatic heterocycles. The fourth-order valence-electron chi connectivity index (χ4n) is 6.48. The average Bonchev–Trinajstić information content (AvgIpc) is 2.38. The van der Waals surface area contributed by atoms with Crippen molar-refractivity contribution in [1.82, 2.24) is 4.90 Å². The summed E-state index contributed by atoms with van der Waals surface area (Å²) < 4.78 is 0. The average molecular weight is 261 g/mol. The molecule has 5 saturated carbocycles. The Morgan fingerprint density at radius 2 is 1.37 bits per heavy atom. The molecule has 0 aliphatic heterocycles. The molecule has 0 radical (unpaired) electrons. The zero-order valence-electron chi connectivity index (χ0n) is 12.7. The van der Waals surface area contributed by atoms with Crippen LogP contribution in [-0.2, 0) is 0 Å². The maximum Gasteiger partial charge on any atom is 0.0214 e. The lowest BCUT2D eigenvalue weighted by Crippen LogP contribution is -2.59. The highest BCUT2D eigenvalue weighted by atomic mass is 15.2. The van der Waals surface area contributed by atoms with Crippen molar-refractivity contribution in [3.05, 3.63) is 0 Å². The minimum Gasteiger partial charge on any atom is -0.300 e. The van der Waals surface area contributed by atoms with Gasteiger partial charge in [0.1, 0.15) is 0 Å². The van der Waals surface area contributed by atoms with E-state index in [1.54, 1.807) is 38.5 Å². The molecular formula is C18H31N. The number of rotatable bonds is 3. The van der Waals surface area contributed by atoms with Crippen LogP contribution in [0.2, 0.25) is 0 Å². The van der Waals surface area contributed by atoms with Gasteiger partial charge in [0.2, 0.25) is 0 Å². The lowest BCUT2D eigenvalue weighted by molar-refractivity contribution is -0.0843. The SMILES string of the molecule is CN(CC1CCCCC1)C12CC3CC(CC(C3)C1)C2. The van der Waals surface area contributed by atoms with Crippen molar-refractivity contribution >= 4 is 0 Å². The molecule has 0 amide bonds. The summed E-state index contributed by atoms with van der Waals surface area (Å²) in [7, 11) is 2.47. The highest BCUT2D eigenvalue weighted by molar-refractivity contribution is 5.07. The van der Waals surface area contributed by atoms with Crippen molar-refractivity contribution < 1.29 is 0 Å². The van der Waals surface area contributed by atoms with Crippen LogP contribution in [-0.4, -0.2) is 24.0 Å². The molecular weight excluding hydrogens is 230 g/mol. The topological polar surface area (TPSA) is 3.24 Å². The molecule has 0 unspecified atom stereocenters.